The van der Waals surface area contributed by atoms with E-state index >= 15 is 0 Å². The molecule has 0 saturated heterocycles. The summed E-state index contributed by atoms with van der Waals surface area (Å²) in [6.45, 7) is 1.46. The summed E-state index contributed by atoms with van der Waals surface area (Å²) in [6.07, 6.45) is 2.19. The summed E-state index contributed by atoms with van der Waals surface area (Å²) in [5.74, 6) is -0.439. The Morgan fingerprint density at radius 3 is 2.70 bits per heavy atom. The smallest absolute Gasteiger partial charge is 0.162 e. The van der Waals surface area contributed by atoms with Crippen LogP contribution in [-0.4, -0.2) is 50.8 Å². The Morgan fingerprint density at radius 1 is 1.30 bits per heavy atom. The lowest BCUT2D eigenvalue weighted by Gasteiger charge is -2.30. The van der Waals surface area contributed by atoms with Crippen molar-refractivity contribution in [3.63, 3.8) is 0 Å². The minimum atomic E-state index is -1.15. The molecular formula is C14H20N2O4. The van der Waals surface area contributed by atoms with Crippen LogP contribution in [0.2, 0.25) is 0 Å². The summed E-state index contributed by atoms with van der Waals surface area (Å²) in [5.41, 5.74) is 0.856. The third-order valence-corrected chi connectivity index (χ3v) is 3.55. The van der Waals surface area contributed by atoms with E-state index in [0.717, 1.165) is 10.9 Å². The Hall–Kier alpha value is -1.47. The van der Waals surface area contributed by atoms with Gasteiger partial charge in [-0.25, -0.2) is 0 Å². The van der Waals surface area contributed by atoms with E-state index in [1.54, 1.807) is 30.1 Å². The second-order valence-electron chi connectivity index (χ2n) is 4.92. The molecule has 0 fully saturated rings. The van der Waals surface area contributed by atoms with Crippen LogP contribution in [-0.2, 0) is 4.74 Å². The molecule has 4 atom stereocenters. The minimum Gasteiger partial charge on any atom is -0.396 e. The van der Waals surface area contributed by atoms with Crippen LogP contribution in [0, 0.1) is 5.92 Å². The molecule has 0 aliphatic rings. The van der Waals surface area contributed by atoms with Crippen molar-refractivity contribution in [2.24, 2.45) is 5.92 Å². The zero-order chi connectivity index (χ0) is 14.7. The van der Waals surface area contributed by atoms with E-state index in [0.29, 0.717) is 0 Å². The van der Waals surface area contributed by atoms with E-state index in [9.17, 15) is 10.2 Å². The standard InChI is InChI=1S/C14H20N2O4/c1-9(8-17)12(18)13(19)14(20-2)16-6-4-10-7-15-5-3-11(10)16/h3-7,9,12-14,17-19H,8H2,1-2H3. The number of nitrogens with zero attached hydrogens (tertiary/aromatic N) is 2. The summed E-state index contributed by atoms with van der Waals surface area (Å²) in [6, 6.07) is 3.68. The van der Waals surface area contributed by atoms with Crippen LogP contribution in [0.25, 0.3) is 10.9 Å². The lowest BCUT2D eigenvalue weighted by molar-refractivity contribution is -0.124. The average Bonchev–Trinajstić information content (AvgIpc) is 2.90. The minimum absolute atomic E-state index is 0.203. The van der Waals surface area contributed by atoms with E-state index in [1.807, 2.05) is 12.1 Å². The largest absolute Gasteiger partial charge is 0.396 e. The number of aliphatic hydroxyl groups is 3. The normalized spacial score (nSPS) is 17.9. The molecule has 0 amide bonds. The summed E-state index contributed by atoms with van der Waals surface area (Å²) in [5, 5.41) is 30.3. The summed E-state index contributed by atoms with van der Waals surface area (Å²) >= 11 is 0. The SMILES string of the molecule is COC(C(O)C(O)C(C)CO)n1ccc2cnccc21. The summed E-state index contributed by atoms with van der Waals surface area (Å²) in [7, 11) is 1.47. The summed E-state index contributed by atoms with van der Waals surface area (Å²) < 4.78 is 7.08. The number of hydrogen-bond donors (Lipinski definition) is 3. The van der Waals surface area contributed by atoms with Crippen LogP contribution < -0.4 is 0 Å². The van der Waals surface area contributed by atoms with Gasteiger partial charge in [0.2, 0.25) is 0 Å². The quantitative estimate of drug-likeness (QED) is 0.718. The first kappa shape index (κ1) is 14.9. The van der Waals surface area contributed by atoms with Gasteiger partial charge in [0, 0.05) is 43.6 Å². The monoisotopic (exact) mass is 280 g/mol. The number of ether oxygens (including phenoxy) is 1. The van der Waals surface area contributed by atoms with Crippen molar-refractivity contribution in [3.8, 4) is 0 Å². The topological polar surface area (TPSA) is 87.7 Å². The number of methoxy groups -OCH3 is 1. The van der Waals surface area contributed by atoms with E-state index in [1.165, 1.54) is 7.11 Å². The van der Waals surface area contributed by atoms with Crippen LogP contribution in [0.3, 0.4) is 0 Å². The Bertz CT molecular complexity index is 557. The molecule has 110 valence electrons. The van der Waals surface area contributed by atoms with Crippen molar-refractivity contribution >= 4 is 10.9 Å². The van der Waals surface area contributed by atoms with Crippen LogP contribution in [0.15, 0.2) is 30.7 Å². The number of aliphatic hydroxyl groups excluding tert-OH is 3. The fraction of sp³-hybridized carbons (Fsp3) is 0.500. The predicted octanol–water partition coefficient (Wildman–Crippen LogP) is 0.531. The second kappa shape index (κ2) is 6.32. The number of fused-ring (bicyclic) bond motifs is 1. The molecule has 20 heavy (non-hydrogen) atoms. The van der Waals surface area contributed by atoms with Crippen LogP contribution in [0.5, 0.6) is 0 Å². The molecule has 0 saturated carbocycles. The average molecular weight is 280 g/mol. The molecule has 6 heteroatoms. The highest BCUT2D eigenvalue weighted by molar-refractivity contribution is 5.78. The number of rotatable bonds is 6. The number of hydrogen-bond acceptors (Lipinski definition) is 5. The fourth-order valence-corrected chi connectivity index (χ4v) is 2.26. The van der Waals surface area contributed by atoms with Crippen molar-refractivity contribution in [2.75, 3.05) is 13.7 Å². The van der Waals surface area contributed by atoms with Crippen LogP contribution in [0.4, 0.5) is 0 Å². The van der Waals surface area contributed by atoms with E-state index < -0.39 is 24.4 Å². The van der Waals surface area contributed by atoms with Crippen LogP contribution in [0.1, 0.15) is 13.2 Å². The third-order valence-electron chi connectivity index (χ3n) is 3.55. The maximum Gasteiger partial charge on any atom is 0.162 e. The molecule has 0 radical (unpaired) electrons. The first-order valence-corrected chi connectivity index (χ1v) is 6.50. The molecular weight excluding hydrogens is 260 g/mol. The Balaban J connectivity index is 2.32. The molecule has 0 spiro atoms. The zero-order valence-corrected chi connectivity index (χ0v) is 11.5. The maximum atomic E-state index is 10.3. The Kier molecular flexibility index (Phi) is 4.72. The second-order valence-corrected chi connectivity index (χ2v) is 4.92. The van der Waals surface area contributed by atoms with Gasteiger partial charge >= 0.3 is 0 Å². The highest BCUT2D eigenvalue weighted by Crippen LogP contribution is 2.25. The summed E-state index contributed by atoms with van der Waals surface area (Å²) in [4.78, 5) is 4.03. The molecule has 6 nitrogen and oxygen atoms in total. The van der Waals surface area contributed by atoms with E-state index in [-0.39, 0.29) is 6.61 Å². The van der Waals surface area contributed by atoms with Gasteiger partial charge in [-0.2, -0.15) is 0 Å². The van der Waals surface area contributed by atoms with Gasteiger partial charge in [0.05, 0.1) is 11.6 Å². The zero-order valence-electron chi connectivity index (χ0n) is 11.5. The molecule has 2 aromatic heterocycles. The molecule has 3 N–H and O–H groups in total. The molecule has 0 aromatic carbocycles. The molecule has 4 unspecified atom stereocenters. The Labute approximate surface area is 117 Å². The van der Waals surface area contributed by atoms with Gasteiger partial charge in [-0.15, -0.1) is 0 Å². The van der Waals surface area contributed by atoms with Gasteiger partial charge in [0.25, 0.3) is 0 Å². The van der Waals surface area contributed by atoms with Crippen molar-refractivity contribution in [2.45, 2.75) is 25.4 Å². The molecule has 2 rings (SSSR count). The van der Waals surface area contributed by atoms with Crippen molar-refractivity contribution in [1.29, 1.82) is 0 Å². The lowest BCUT2D eigenvalue weighted by Crippen LogP contribution is -2.40. The van der Waals surface area contributed by atoms with Gasteiger partial charge in [0.15, 0.2) is 6.23 Å². The van der Waals surface area contributed by atoms with E-state index in [4.69, 9.17) is 9.84 Å². The first-order valence-electron chi connectivity index (χ1n) is 6.50. The fourth-order valence-electron chi connectivity index (χ4n) is 2.26. The molecule has 0 bridgehead atoms. The molecule has 2 aromatic rings. The lowest BCUT2D eigenvalue weighted by atomic mass is 9.99. The molecule has 2 heterocycles. The highest BCUT2D eigenvalue weighted by Gasteiger charge is 2.31. The van der Waals surface area contributed by atoms with Gasteiger partial charge in [-0.3, -0.25) is 4.98 Å². The highest BCUT2D eigenvalue weighted by atomic mass is 16.5. The number of pyridine rings is 1. The predicted molar refractivity (Wildman–Crippen MR) is 74.0 cm³/mol. The van der Waals surface area contributed by atoms with Gasteiger partial charge in [0.1, 0.15) is 6.10 Å². The maximum absolute atomic E-state index is 10.3. The van der Waals surface area contributed by atoms with Gasteiger partial charge < -0.3 is 24.6 Å². The first-order chi connectivity index (χ1) is 9.60. The Morgan fingerprint density at radius 2 is 2.05 bits per heavy atom. The van der Waals surface area contributed by atoms with Crippen molar-refractivity contribution in [1.82, 2.24) is 9.55 Å². The molecule has 0 aliphatic carbocycles. The van der Waals surface area contributed by atoms with Gasteiger partial charge in [-0.05, 0) is 12.1 Å². The van der Waals surface area contributed by atoms with Crippen molar-refractivity contribution < 1.29 is 20.1 Å². The van der Waals surface area contributed by atoms with Crippen LogP contribution >= 0.6 is 0 Å². The van der Waals surface area contributed by atoms with E-state index in [2.05, 4.69) is 4.98 Å². The van der Waals surface area contributed by atoms with Crippen molar-refractivity contribution in [3.05, 3.63) is 30.7 Å². The van der Waals surface area contributed by atoms with Gasteiger partial charge in [-0.1, -0.05) is 6.92 Å². The molecule has 0 aliphatic heterocycles. The number of aromatic nitrogens is 2. The third kappa shape index (κ3) is 2.69.